The van der Waals surface area contributed by atoms with Crippen molar-refractivity contribution in [1.29, 1.82) is 0 Å². The molecule has 0 aliphatic heterocycles. The van der Waals surface area contributed by atoms with Crippen LogP contribution in [0.3, 0.4) is 0 Å². The molecule has 0 spiro atoms. The van der Waals surface area contributed by atoms with Crippen LogP contribution in [0, 0.1) is 0 Å². The number of nitrogens with zero attached hydrogens (tertiary/aromatic N) is 1. The zero-order valence-corrected chi connectivity index (χ0v) is 21.1. The van der Waals surface area contributed by atoms with Gasteiger partial charge in [0.25, 0.3) is 5.91 Å². The van der Waals surface area contributed by atoms with E-state index in [9.17, 15) is 4.79 Å². The molecule has 1 amide bonds. The van der Waals surface area contributed by atoms with Gasteiger partial charge in [0.15, 0.2) is 0 Å². The number of benzene rings is 3. The maximum absolute atomic E-state index is 13.0. The minimum absolute atomic E-state index is 0.0801. The fraction of sp³-hybridized carbons (Fsp3) is 0.323. The molecule has 5 heteroatoms. The van der Waals surface area contributed by atoms with E-state index in [1.54, 1.807) is 0 Å². The number of hydrogen-bond donors (Lipinski definition) is 2. The molecule has 0 radical (unpaired) electrons. The van der Waals surface area contributed by atoms with Gasteiger partial charge in [0, 0.05) is 40.9 Å². The first-order valence-electron chi connectivity index (χ1n) is 13.2. The van der Waals surface area contributed by atoms with E-state index in [0.717, 1.165) is 50.3 Å². The van der Waals surface area contributed by atoms with Gasteiger partial charge in [-0.25, -0.2) is 0 Å². The van der Waals surface area contributed by atoms with Gasteiger partial charge in [-0.05, 0) is 99.2 Å². The number of fused-ring (bicyclic) bond motifs is 3. The molecule has 5 nitrogen and oxygen atoms in total. The summed E-state index contributed by atoms with van der Waals surface area (Å²) in [6.45, 7) is 5.45. The maximum Gasteiger partial charge on any atom is 0.255 e. The Morgan fingerprint density at radius 1 is 0.972 bits per heavy atom. The van der Waals surface area contributed by atoms with E-state index in [4.69, 9.17) is 4.74 Å². The van der Waals surface area contributed by atoms with Crippen molar-refractivity contribution >= 4 is 22.5 Å². The van der Waals surface area contributed by atoms with Gasteiger partial charge in [-0.15, -0.1) is 0 Å². The van der Waals surface area contributed by atoms with E-state index in [0.29, 0.717) is 12.2 Å². The summed E-state index contributed by atoms with van der Waals surface area (Å²) < 4.78 is 8.00. The number of hydrogen-bond acceptors (Lipinski definition) is 3. The van der Waals surface area contributed by atoms with Gasteiger partial charge in [-0.3, -0.25) is 4.79 Å². The molecule has 0 fully saturated rings. The minimum atomic E-state index is -0.0801. The van der Waals surface area contributed by atoms with Crippen LogP contribution in [0.1, 0.15) is 53.4 Å². The third-order valence-corrected chi connectivity index (χ3v) is 6.97. The molecule has 0 saturated carbocycles. The highest BCUT2D eigenvalue weighted by Gasteiger charge is 2.21. The second kappa shape index (κ2) is 11.4. The van der Waals surface area contributed by atoms with Crippen molar-refractivity contribution in [2.45, 2.75) is 52.1 Å². The van der Waals surface area contributed by atoms with Gasteiger partial charge < -0.3 is 19.9 Å². The number of aryl methyl sites for hydroxylation is 2. The SMILES string of the molecule is CCOc1ccc(NC(=O)c2ccc3c(c2)c2c(n3CCCNCc3ccccc3)CCCC2)cc1. The molecule has 0 atom stereocenters. The Morgan fingerprint density at radius 2 is 1.78 bits per heavy atom. The Bertz CT molecular complexity index is 1310. The summed E-state index contributed by atoms with van der Waals surface area (Å²) in [5.41, 5.74) is 6.94. The van der Waals surface area contributed by atoms with Crippen molar-refractivity contribution in [3.05, 3.63) is 95.2 Å². The highest BCUT2D eigenvalue weighted by Crippen LogP contribution is 2.33. The molecule has 0 bridgehead atoms. The van der Waals surface area contributed by atoms with Crippen molar-refractivity contribution in [3.8, 4) is 5.75 Å². The summed E-state index contributed by atoms with van der Waals surface area (Å²) in [5.74, 6) is 0.726. The van der Waals surface area contributed by atoms with E-state index < -0.39 is 0 Å². The molecule has 186 valence electrons. The smallest absolute Gasteiger partial charge is 0.255 e. The second-order valence-corrected chi connectivity index (χ2v) is 9.44. The lowest BCUT2D eigenvalue weighted by atomic mass is 9.95. The predicted octanol–water partition coefficient (Wildman–Crippen LogP) is 6.35. The molecule has 3 aromatic carbocycles. The number of carbonyl (C=O) groups is 1. The first-order valence-corrected chi connectivity index (χ1v) is 13.2. The lowest BCUT2D eigenvalue weighted by Gasteiger charge is -2.16. The largest absolute Gasteiger partial charge is 0.494 e. The van der Waals surface area contributed by atoms with Gasteiger partial charge in [0.05, 0.1) is 6.61 Å². The Morgan fingerprint density at radius 3 is 2.58 bits per heavy atom. The van der Waals surface area contributed by atoms with Crippen LogP contribution in [0.2, 0.25) is 0 Å². The third kappa shape index (κ3) is 5.47. The average Bonchev–Trinajstić information content (AvgIpc) is 3.23. The summed E-state index contributed by atoms with van der Waals surface area (Å²) in [6.07, 6.45) is 5.74. The van der Waals surface area contributed by atoms with Crippen LogP contribution in [0.5, 0.6) is 5.75 Å². The van der Waals surface area contributed by atoms with Crippen LogP contribution < -0.4 is 15.4 Å². The Labute approximate surface area is 213 Å². The van der Waals surface area contributed by atoms with Crippen molar-refractivity contribution in [1.82, 2.24) is 9.88 Å². The molecular weight excluding hydrogens is 446 g/mol. The first-order chi connectivity index (χ1) is 17.7. The molecule has 1 heterocycles. The van der Waals surface area contributed by atoms with E-state index in [2.05, 4.69) is 57.7 Å². The second-order valence-electron chi connectivity index (χ2n) is 9.44. The van der Waals surface area contributed by atoms with E-state index in [-0.39, 0.29) is 5.91 Å². The third-order valence-electron chi connectivity index (χ3n) is 6.97. The van der Waals surface area contributed by atoms with E-state index >= 15 is 0 Å². The normalized spacial score (nSPS) is 12.9. The fourth-order valence-corrected chi connectivity index (χ4v) is 5.23. The standard InChI is InChI=1S/C31H35N3O2/c1-2-36-26-16-14-25(15-17-26)33-31(35)24-13-18-30-28(21-24)27-11-6-7-12-29(27)34(30)20-8-19-32-22-23-9-4-3-5-10-23/h3-5,9-10,13-18,21,32H,2,6-8,11-12,19-20,22H2,1H3,(H,33,35). The number of carbonyl (C=O) groups excluding carboxylic acids is 1. The number of ether oxygens (including phenoxy) is 1. The molecule has 4 aromatic rings. The Kier molecular flexibility index (Phi) is 7.67. The summed E-state index contributed by atoms with van der Waals surface area (Å²) in [6, 6.07) is 24.3. The molecule has 1 aliphatic carbocycles. The summed E-state index contributed by atoms with van der Waals surface area (Å²) >= 11 is 0. The molecule has 0 unspecified atom stereocenters. The van der Waals surface area contributed by atoms with Crippen LogP contribution in [-0.4, -0.2) is 23.6 Å². The topological polar surface area (TPSA) is 55.3 Å². The number of aromatic nitrogens is 1. The maximum atomic E-state index is 13.0. The number of anilines is 1. The zero-order valence-electron chi connectivity index (χ0n) is 21.1. The molecule has 36 heavy (non-hydrogen) atoms. The van der Waals surface area contributed by atoms with Crippen LogP contribution in [-0.2, 0) is 25.9 Å². The van der Waals surface area contributed by atoms with Gasteiger partial charge in [-0.2, -0.15) is 0 Å². The van der Waals surface area contributed by atoms with Crippen LogP contribution >= 0.6 is 0 Å². The number of rotatable bonds is 10. The van der Waals surface area contributed by atoms with Gasteiger partial charge in [0.1, 0.15) is 5.75 Å². The van der Waals surface area contributed by atoms with Crippen molar-refractivity contribution in [2.75, 3.05) is 18.5 Å². The zero-order chi connectivity index (χ0) is 24.7. The first kappa shape index (κ1) is 24.1. The molecule has 0 saturated heterocycles. The van der Waals surface area contributed by atoms with E-state index in [1.807, 2.05) is 37.3 Å². The highest BCUT2D eigenvalue weighted by molar-refractivity contribution is 6.06. The number of nitrogens with one attached hydrogen (secondary N) is 2. The number of amides is 1. The molecule has 1 aromatic heterocycles. The summed E-state index contributed by atoms with van der Waals surface area (Å²) in [7, 11) is 0. The lowest BCUT2D eigenvalue weighted by molar-refractivity contribution is 0.102. The quantitative estimate of drug-likeness (QED) is 0.260. The van der Waals surface area contributed by atoms with E-state index in [1.165, 1.54) is 40.6 Å². The van der Waals surface area contributed by atoms with Crippen molar-refractivity contribution in [2.24, 2.45) is 0 Å². The van der Waals surface area contributed by atoms with Gasteiger partial charge in [-0.1, -0.05) is 30.3 Å². The molecule has 2 N–H and O–H groups in total. The minimum Gasteiger partial charge on any atom is -0.494 e. The molecular formula is C31H35N3O2. The van der Waals surface area contributed by atoms with Crippen molar-refractivity contribution < 1.29 is 9.53 Å². The highest BCUT2D eigenvalue weighted by atomic mass is 16.5. The van der Waals surface area contributed by atoms with Gasteiger partial charge >= 0.3 is 0 Å². The predicted molar refractivity (Wildman–Crippen MR) is 147 cm³/mol. The molecule has 1 aliphatic rings. The van der Waals surface area contributed by atoms with Gasteiger partial charge in [0.2, 0.25) is 0 Å². The van der Waals surface area contributed by atoms with Crippen LogP contribution in [0.15, 0.2) is 72.8 Å². The van der Waals surface area contributed by atoms with Crippen LogP contribution in [0.25, 0.3) is 10.9 Å². The Hall–Kier alpha value is -3.57. The monoisotopic (exact) mass is 481 g/mol. The molecule has 5 rings (SSSR count). The van der Waals surface area contributed by atoms with Crippen LogP contribution in [0.4, 0.5) is 5.69 Å². The summed E-state index contributed by atoms with van der Waals surface area (Å²) in [4.78, 5) is 13.0. The Balaban J connectivity index is 1.29. The van der Waals surface area contributed by atoms with Crippen molar-refractivity contribution in [3.63, 3.8) is 0 Å². The fourth-order valence-electron chi connectivity index (χ4n) is 5.23. The lowest BCUT2D eigenvalue weighted by Crippen LogP contribution is -2.17. The summed E-state index contributed by atoms with van der Waals surface area (Å²) in [5, 5.41) is 7.84. The average molecular weight is 482 g/mol.